The van der Waals surface area contributed by atoms with Crippen LogP contribution in [0, 0.1) is 0 Å². The van der Waals surface area contributed by atoms with Crippen molar-refractivity contribution in [2.24, 2.45) is 0 Å². The predicted molar refractivity (Wildman–Crippen MR) is 88.6 cm³/mol. The molecular formula is C17H21N3O2. The van der Waals surface area contributed by atoms with Gasteiger partial charge in [0.15, 0.2) is 0 Å². The van der Waals surface area contributed by atoms with Crippen LogP contribution < -0.4 is 10.2 Å². The van der Waals surface area contributed by atoms with Crippen molar-refractivity contribution >= 4 is 22.7 Å². The maximum Gasteiger partial charge on any atom is 0.342 e. The normalized spacial score (nSPS) is 15.0. The highest BCUT2D eigenvalue weighted by molar-refractivity contribution is 6.10. The molecule has 1 fully saturated rings. The summed E-state index contributed by atoms with van der Waals surface area (Å²) in [4.78, 5) is 14.7. The lowest BCUT2D eigenvalue weighted by Gasteiger charge is -2.31. The van der Waals surface area contributed by atoms with Crippen LogP contribution in [0.2, 0.25) is 0 Å². The van der Waals surface area contributed by atoms with Crippen LogP contribution in [-0.4, -0.2) is 43.8 Å². The molecule has 116 valence electrons. The molecule has 5 nitrogen and oxygen atoms in total. The number of piperazine rings is 1. The number of ether oxygens (including phenoxy) is 1. The SMILES string of the molecule is C=CCn1c(N2CCNCC2)c(C(=O)OC)c2ccccc21. The molecule has 0 atom stereocenters. The molecule has 0 unspecified atom stereocenters. The summed E-state index contributed by atoms with van der Waals surface area (Å²) in [6.45, 7) is 8.09. The number of hydrogen-bond acceptors (Lipinski definition) is 4. The smallest absolute Gasteiger partial charge is 0.342 e. The van der Waals surface area contributed by atoms with E-state index < -0.39 is 0 Å². The number of methoxy groups -OCH3 is 1. The summed E-state index contributed by atoms with van der Waals surface area (Å²) in [6, 6.07) is 7.96. The fourth-order valence-electron chi connectivity index (χ4n) is 3.11. The zero-order valence-corrected chi connectivity index (χ0v) is 12.8. The number of nitrogens with one attached hydrogen (secondary N) is 1. The minimum Gasteiger partial charge on any atom is -0.465 e. The molecule has 0 radical (unpaired) electrons. The maximum atomic E-state index is 12.4. The van der Waals surface area contributed by atoms with E-state index in [2.05, 4.69) is 21.4 Å². The van der Waals surface area contributed by atoms with E-state index in [0.717, 1.165) is 42.9 Å². The average molecular weight is 299 g/mol. The van der Waals surface area contributed by atoms with Gasteiger partial charge < -0.3 is 19.5 Å². The van der Waals surface area contributed by atoms with Crippen LogP contribution in [0.4, 0.5) is 5.82 Å². The van der Waals surface area contributed by atoms with Crippen LogP contribution in [0.15, 0.2) is 36.9 Å². The van der Waals surface area contributed by atoms with Crippen molar-refractivity contribution in [3.8, 4) is 0 Å². The van der Waals surface area contributed by atoms with Crippen LogP contribution >= 0.6 is 0 Å². The highest BCUT2D eigenvalue weighted by Crippen LogP contribution is 2.33. The van der Waals surface area contributed by atoms with Gasteiger partial charge in [-0.25, -0.2) is 4.79 Å². The first kappa shape index (κ1) is 14.7. The van der Waals surface area contributed by atoms with E-state index in [1.54, 1.807) is 0 Å². The third kappa shape index (κ3) is 2.37. The number of esters is 1. The Bertz CT molecular complexity index is 699. The average Bonchev–Trinajstić information content (AvgIpc) is 2.90. The Labute approximate surface area is 130 Å². The third-order valence-corrected chi connectivity index (χ3v) is 4.06. The standard InChI is InChI=1S/C17H21N3O2/c1-3-10-20-14-7-5-4-6-13(14)15(17(21)22-2)16(20)19-11-8-18-9-12-19/h3-7,18H,1,8-12H2,2H3. The summed E-state index contributed by atoms with van der Waals surface area (Å²) in [5, 5.41) is 4.28. The molecule has 0 bridgehead atoms. The molecular weight excluding hydrogens is 278 g/mol. The molecule has 1 aromatic carbocycles. The van der Waals surface area contributed by atoms with Gasteiger partial charge in [-0.1, -0.05) is 24.3 Å². The van der Waals surface area contributed by atoms with Gasteiger partial charge in [0.2, 0.25) is 0 Å². The third-order valence-electron chi connectivity index (χ3n) is 4.06. The van der Waals surface area contributed by atoms with Gasteiger partial charge in [-0.15, -0.1) is 6.58 Å². The van der Waals surface area contributed by atoms with Crippen LogP contribution in [0.3, 0.4) is 0 Å². The van der Waals surface area contributed by atoms with Crippen LogP contribution in [-0.2, 0) is 11.3 Å². The highest BCUT2D eigenvalue weighted by Gasteiger charge is 2.27. The molecule has 2 aromatic rings. The number of nitrogens with zero attached hydrogens (tertiary/aromatic N) is 2. The first-order chi connectivity index (χ1) is 10.8. The Morgan fingerprint density at radius 2 is 2.09 bits per heavy atom. The molecule has 22 heavy (non-hydrogen) atoms. The molecule has 2 heterocycles. The molecule has 0 aliphatic carbocycles. The van der Waals surface area contributed by atoms with Crippen molar-refractivity contribution in [3.63, 3.8) is 0 Å². The van der Waals surface area contributed by atoms with E-state index in [0.29, 0.717) is 12.1 Å². The van der Waals surface area contributed by atoms with E-state index in [-0.39, 0.29) is 5.97 Å². The molecule has 5 heteroatoms. The molecule has 1 aliphatic rings. The first-order valence-electron chi connectivity index (χ1n) is 7.54. The second-order valence-electron chi connectivity index (χ2n) is 5.34. The molecule has 1 aliphatic heterocycles. The monoisotopic (exact) mass is 299 g/mol. The number of rotatable bonds is 4. The fraction of sp³-hybridized carbons (Fsp3) is 0.353. The number of benzene rings is 1. The number of aromatic nitrogens is 1. The van der Waals surface area contributed by atoms with Gasteiger partial charge in [0.05, 0.1) is 12.6 Å². The first-order valence-corrected chi connectivity index (χ1v) is 7.54. The molecule has 0 saturated carbocycles. The zero-order valence-electron chi connectivity index (χ0n) is 12.8. The van der Waals surface area contributed by atoms with E-state index in [9.17, 15) is 4.79 Å². The van der Waals surface area contributed by atoms with Crippen LogP contribution in [0.5, 0.6) is 0 Å². The largest absolute Gasteiger partial charge is 0.465 e. The van der Waals surface area contributed by atoms with Crippen molar-refractivity contribution in [1.29, 1.82) is 0 Å². The Kier molecular flexibility index (Phi) is 4.15. The predicted octanol–water partition coefficient (Wildman–Crippen LogP) is 2.02. The van der Waals surface area contributed by atoms with Crippen molar-refractivity contribution in [2.45, 2.75) is 6.54 Å². The Balaban J connectivity index is 2.26. The minimum absolute atomic E-state index is 0.285. The van der Waals surface area contributed by atoms with E-state index in [1.165, 1.54) is 7.11 Å². The highest BCUT2D eigenvalue weighted by atomic mass is 16.5. The van der Waals surface area contributed by atoms with Crippen molar-refractivity contribution < 1.29 is 9.53 Å². The number of hydrogen-bond donors (Lipinski definition) is 1. The zero-order chi connectivity index (χ0) is 15.5. The lowest BCUT2D eigenvalue weighted by molar-refractivity contribution is 0.0603. The van der Waals surface area contributed by atoms with E-state index >= 15 is 0 Å². The Hall–Kier alpha value is -2.27. The number of allylic oxidation sites excluding steroid dienone is 1. The summed E-state index contributed by atoms with van der Waals surface area (Å²) in [5.41, 5.74) is 1.69. The van der Waals surface area contributed by atoms with Gasteiger partial charge in [0.25, 0.3) is 0 Å². The molecule has 0 spiro atoms. The lowest BCUT2D eigenvalue weighted by atomic mass is 10.1. The quantitative estimate of drug-likeness (QED) is 0.693. The molecule has 1 N–H and O–H groups in total. The van der Waals surface area contributed by atoms with Crippen LogP contribution in [0.1, 0.15) is 10.4 Å². The second kappa shape index (κ2) is 6.23. The van der Waals surface area contributed by atoms with Crippen molar-refractivity contribution in [3.05, 3.63) is 42.5 Å². The molecule has 3 rings (SSSR count). The fourth-order valence-corrected chi connectivity index (χ4v) is 3.11. The summed E-state index contributed by atoms with van der Waals surface area (Å²) in [6.07, 6.45) is 1.86. The van der Waals surface area contributed by atoms with E-state index in [4.69, 9.17) is 4.74 Å². The van der Waals surface area contributed by atoms with Crippen molar-refractivity contribution in [1.82, 2.24) is 9.88 Å². The van der Waals surface area contributed by atoms with Crippen LogP contribution in [0.25, 0.3) is 10.9 Å². The molecule has 1 saturated heterocycles. The van der Waals surface area contributed by atoms with Gasteiger partial charge in [-0.2, -0.15) is 0 Å². The summed E-state index contributed by atoms with van der Waals surface area (Å²) in [5.74, 6) is 0.655. The van der Waals surface area contributed by atoms with Gasteiger partial charge >= 0.3 is 5.97 Å². The number of para-hydroxylation sites is 1. The number of fused-ring (bicyclic) bond motifs is 1. The number of carbonyl (C=O) groups excluding carboxylic acids is 1. The molecule has 1 aromatic heterocycles. The second-order valence-corrected chi connectivity index (χ2v) is 5.34. The van der Waals surface area contributed by atoms with Gasteiger partial charge in [0.1, 0.15) is 11.4 Å². The maximum absolute atomic E-state index is 12.4. The van der Waals surface area contributed by atoms with Gasteiger partial charge in [-0.05, 0) is 6.07 Å². The Morgan fingerprint density at radius 1 is 1.36 bits per heavy atom. The minimum atomic E-state index is -0.285. The summed E-state index contributed by atoms with van der Waals surface area (Å²) < 4.78 is 7.20. The van der Waals surface area contributed by atoms with Gasteiger partial charge in [0, 0.05) is 38.1 Å². The molecule has 0 amide bonds. The van der Waals surface area contributed by atoms with Crippen molar-refractivity contribution in [2.75, 3.05) is 38.2 Å². The Morgan fingerprint density at radius 3 is 2.77 bits per heavy atom. The number of anilines is 1. The summed E-state index contributed by atoms with van der Waals surface area (Å²) in [7, 11) is 1.43. The topological polar surface area (TPSA) is 46.5 Å². The lowest BCUT2D eigenvalue weighted by Crippen LogP contribution is -2.44. The van der Waals surface area contributed by atoms with E-state index in [1.807, 2.05) is 30.3 Å². The summed E-state index contributed by atoms with van der Waals surface area (Å²) >= 11 is 0. The number of carbonyl (C=O) groups is 1. The van der Waals surface area contributed by atoms with Gasteiger partial charge in [-0.3, -0.25) is 0 Å².